The number of hydrogen-bond acceptors (Lipinski definition) is 3. The van der Waals surface area contributed by atoms with Crippen LogP contribution in [0.25, 0.3) is 0 Å². The van der Waals surface area contributed by atoms with Crippen molar-refractivity contribution in [2.75, 3.05) is 6.54 Å². The van der Waals surface area contributed by atoms with Gasteiger partial charge in [-0.1, -0.05) is 19.8 Å². The van der Waals surface area contributed by atoms with Gasteiger partial charge in [0.1, 0.15) is 6.17 Å². The van der Waals surface area contributed by atoms with Gasteiger partial charge >= 0.3 is 0 Å². The summed E-state index contributed by atoms with van der Waals surface area (Å²) in [5.41, 5.74) is 1.21. The van der Waals surface area contributed by atoms with Crippen molar-refractivity contribution in [1.29, 1.82) is 0 Å². The Bertz CT molecular complexity index is 364. The van der Waals surface area contributed by atoms with Gasteiger partial charge < -0.3 is 4.90 Å². The molecule has 0 saturated carbocycles. The molecular weight excluding hydrogens is 232 g/mol. The third kappa shape index (κ3) is 2.69. The minimum atomic E-state index is 0.0839. The van der Waals surface area contributed by atoms with Crippen LogP contribution < -0.4 is 5.32 Å². The van der Waals surface area contributed by atoms with Gasteiger partial charge in [-0.25, -0.2) is 0 Å². The molecule has 1 N–H and O–H groups in total. The minimum Gasteiger partial charge on any atom is -0.319 e. The van der Waals surface area contributed by atoms with E-state index in [2.05, 4.69) is 36.0 Å². The second kappa shape index (κ2) is 5.65. The molecule has 4 heteroatoms. The maximum atomic E-state index is 12.0. The zero-order valence-electron chi connectivity index (χ0n) is 10.5. The van der Waals surface area contributed by atoms with Crippen molar-refractivity contribution < 1.29 is 4.79 Å². The first kappa shape index (κ1) is 12.6. The molecule has 0 radical (unpaired) electrons. The number of amides is 1. The average molecular weight is 252 g/mol. The average Bonchev–Trinajstić information content (AvgIpc) is 2.94. The predicted octanol–water partition coefficient (Wildman–Crippen LogP) is 2.76. The molecule has 1 aliphatic rings. The van der Waals surface area contributed by atoms with Gasteiger partial charge in [0.05, 0.1) is 6.54 Å². The fraction of sp³-hybridized carbons (Fsp3) is 0.615. The Labute approximate surface area is 107 Å². The van der Waals surface area contributed by atoms with Crippen LogP contribution in [0, 0.1) is 0 Å². The van der Waals surface area contributed by atoms with E-state index in [1.807, 2.05) is 4.90 Å². The van der Waals surface area contributed by atoms with E-state index < -0.39 is 0 Å². The summed E-state index contributed by atoms with van der Waals surface area (Å²) in [6.07, 6.45) is 3.54. The molecule has 0 bridgehead atoms. The molecule has 2 atom stereocenters. The van der Waals surface area contributed by atoms with Crippen molar-refractivity contribution in [3.8, 4) is 0 Å². The molecular formula is C13H20N2OS. The van der Waals surface area contributed by atoms with E-state index in [1.54, 1.807) is 11.3 Å². The lowest BCUT2D eigenvalue weighted by atomic mass is 10.1. The van der Waals surface area contributed by atoms with Gasteiger partial charge in [-0.15, -0.1) is 0 Å². The fourth-order valence-corrected chi connectivity index (χ4v) is 3.04. The molecule has 2 unspecified atom stereocenters. The molecule has 3 nitrogen and oxygen atoms in total. The zero-order valence-corrected chi connectivity index (χ0v) is 11.3. The van der Waals surface area contributed by atoms with E-state index in [9.17, 15) is 4.79 Å². The van der Waals surface area contributed by atoms with Crippen LogP contribution in [0.1, 0.15) is 44.8 Å². The van der Waals surface area contributed by atoms with Crippen molar-refractivity contribution in [3.05, 3.63) is 22.4 Å². The molecule has 1 saturated heterocycles. The van der Waals surface area contributed by atoms with Crippen LogP contribution in [0.5, 0.6) is 0 Å². The lowest BCUT2D eigenvalue weighted by Gasteiger charge is -2.30. The van der Waals surface area contributed by atoms with Crippen LogP contribution >= 0.6 is 11.3 Å². The first-order chi connectivity index (χ1) is 8.24. The van der Waals surface area contributed by atoms with Gasteiger partial charge in [-0.05, 0) is 35.7 Å². The number of rotatable bonds is 5. The fourth-order valence-electron chi connectivity index (χ4n) is 2.37. The molecule has 1 amide bonds. The Balaban J connectivity index is 2.09. The molecule has 0 spiro atoms. The molecule has 1 fully saturated rings. The Morgan fingerprint density at radius 3 is 3.12 bits per heavy atom. The Morgan fingerprint density at radius 2 is 2.47 bits per heavy atom. The van der Waals surface area contributed by atoms with Crippen molar-refractivity contribution in [2.45, 2.75) is 45.3 Å². The maximum Gasteiger partial charge on any atom is 0.238 e. The molecule has 1 aliphatic heterocycles. The first-order valence-electron chi connectivity index (χ1n) is 6.30. The lowest BCUT2D eigenvalue weighted by Crippen LogP contribution is -2.37. The summed E-state index contributed by atoms with van der Waals surface area (Å²) in [6, 6.07) is 2.42. The van der Waals surface area contributed by atoms with Crippen LogP contribution in [-0.4, -0.2) is 23.4 Å². The number of carbonyl (C=O) groups excluding carboxylic acids is 1. The number of carbonyl (C=O) groups is 1. The van der Waals surface area contributed by atoms with Crippen LogP contribution in [-0.2, 0) is 4.79 Å². The number of unbranched alkanes of at least 4 members (excludes halogenated alkanes) is 1. The van der Waals surface area contributed by atoms with Crippen molar-refractivity contribution in [3.63, 3.8) is 0 Å². The predicted molar refractivity (Wildman–Crippen MR) is 70.9 cm³/mol. The van der Waals surface area contributed by atoms with Gasteiger partial charge in [-0.2, -0.15) is 11.3 Å². The number of nitrogens with zero attached hydrogens (tertiary/aromatic N) is 1. The number of hydrogen-bond donors (Lipinski definition) is 1. The summed E-state index contributed by atoms with van der Waals surface area (Å²) in [5.74, 6) is 0.227. The van der Waals surface area contributed by atoms with Crippen LogP contribution in [0.4, 0.5) is 0 Å². The summed E-state index contributed by atoms with van der Waals surface area (Å²) in [6.45, 7) is 4.81. The van der Waals surface area contributed by atoms with Gasteiger partial charge in [0.15, 0.2) is 0 Å². The second-order valence-corrected chi connectivity index (χ2v) is 5.41. The highest BCUT2D eigenvalue weighted by Gasteiger charge is 2.34. The van der Waals surface area contributed by atoms with Crippen molar-refractivity contribution in [2.24, 2.45) is 0 Å². The third-order valence-corrected chi connectivity index (χ3v) is 4.02. The summed E-state index contributed by atoms with van der Waals surface area (Å²) in [7, 11) is 0. The highest BCUT2D eigenvalue weighted by molar-refractivity contribution is 7.07. The molecule has 94 valence electrons. The van der Waals surface area contributed by atoms with Crippen molar-refractivity contribution in [1.82, 2.24) is 10.2 Å². The normalized spacial score (nSPS) is 22.1. The van der Waals surface area contributed by atoms with Gasteiger partial charge in [-0.3, -0.25) is 10.1 Å². The second-order valence-electron chi connectivity index (χ2n) is 4.63. The topological polar surface area (TPSA) is 32.3 Å². The highest BCUT2D eigenvalue weighted by atomic mass is 32.1. The summed E-state index contributed by atoms with van der Waals surface area (Å²) in [4.78, 5) is 14.0. The van der Waals surface area contributed by atoms with E-state index in [-0.39, 0.29) is 12.1 Å². The van der Waals surface area contributed by atoms with Crippen LogP contribution in [0.3, 0.4) is 0 Å². The molecule has 1 aromatic rings. The number of nitrogens with one attached hydrogen (secondary N) is 1. The molecule has 17 heavy (non-hydrogen) atoms. The molecule has 1 aromatic heterocycles. The van der Waals surface area contributed by atoms with Gasteiger partial charge in [0.25, 0.3) is 0 Å². The van der Waals surface area contributed by atoms with E-state index in [4.69, 9.17) is 0 Å². The van der Waals surface area contributed by atoms with E-state index in [1.165, 1.54) is 18.4 Å². The summed E-state index contributed by atoms with van der Waals surface area (Å²) >= 11 is 1.68. The minimum absolute atomic E-state index is 0.0839. The van der Waals surface area contributed by atoms with E-state index in [0.29, 0.717) is 12.6 Å². The standard InChI is InChI=1S/C13H20N2OS/c1-3-4-5-10(2)15-12(16)8-14-13(15)11-6-7-17-9-11/h6-7,9-10,13-14H,3-5,8H2,1-2H3. The summed E-state index contributed by atoms with van der Waals surface area (Å²) in [5, 5.41) is 7.48. The lowest BCUT2D eigenvalue weighted by molar-refractivity contribution is -0.130. The molecule has 2 rings (SSSR count). The van der Waals surface area contributed by atoms with Crippen LogP contribution in [0.2, 0.25) is 0 Å². The molecule has 0 aromatic carbocycles. The SMILES string of the molecule is CCCCC(C)N1C(=O)CNC1c1ccsc1. The summed E-state index contributed by atoms with van der Waals surface area (Å²) < 4.78 is 0. The molecule has 2 heterocycles. The van der Waals surface area contributed by atoms with Crippen molar-refractivity contribution >= 4 is 17.2 Å². The van der Waals surface area contributed by atoms with E-state index in [0.717, 1.165) is 6.42 Å². The first-order valence-corrected chi connectivity index (χ1v) is 7.25. The Hall–Kier alpha value is -0.870. The largest absolute Gasteiger partial charge is 0.319 e. The monoisotopic (exact) mass is 252 g/mol. The molecule has 0 aliphatic carbocycles. The van der Waals surface area contributed by atoms with Gasteiger partial charge in [0, 0.05) is 6.04 Å². The highest BCUT2D eigenvalue weighted by Crippen LogP contribution is 2.27. The zero-order chi connectivity index (χ0) is 12.3. The quantitative estimate of drug-likeness (QED) is 0.874. The smallest absolute Gasteiger partial charge is 0.238 e. The maximum absolute atomic E-state index is 12.0. The number of thiophene rings is 1. The van der Waals surface area contributed by atoms with Crippen LogP contribution in [0.15, 0.2) is 16.8 Å². The Kier molecular flexibility index (Phi) is 4.18. The third-order valence-electron chi connectivity index (χ3n) is 3.32. The van der Waals surface area contributed by atoms with E-state index >= 15 is 0 Å². The van der Waals surface area contributed by atoms with Gasteiger partial charge in [0.2, 0.25) is 5.91 Å². The Morgan fingerprint density at radius 1 is 1.65 bits per heavy atom.